The third-order valence-electron chi connectivity index (χ3n) is 3.76. The fourth-order valence-electron chi connectivity index (χ4n) is 2.80. The molecule has 6 nitrogen and oxygen atoms in total. The van der Waals surface area contributed by atoms with E-state index in [0.717, 1.165) is 11.8 Å². The number of aryl methyl sites for hydroxylation is 3. The van der Waals surface area contributed by atoms with Crippen molar-refractivity contribution in [1.29, 1.82) is 0 Å². The molecule has 0 aliphatic rings. The van der Waals surface area contributed by atoms with E-state index in [-0.39, 0.29) is 0 Å². The van der Waals surface area contributed by atoms with Crippen LogP contribution in [-0.2, 0) is 20.0 Å². The van der Waals surface area contributed by atoms with Gasteiger partial charge in [0.1, 0.15) is 0 Å². The van der Waals surface area contributed by atoms with E-state index >= 15 is 0 Å². The lowest BCUT2D eigenvalue weighted by atomic mass is 10.1. The molecule has 1 N–H and O–H groups in total. The smallest absolute Gasteiger partial charge is 0.264 e. The van der Waals surface area contributed by atoms with E-state index in [4.69, 9.17) is 0 Å². The van der Waals surface area contributed by atoms with Crippen LogP contribution in [0.1, 0.15) is 16.7 Å². The molecule has 0 fully saturated rings. The fourth-order valence-corrected chi connectivity index (χ4v) is 4.97. The van der Waals surface area contributed by atoms with Gasteiger partial charge in [-0.3, -0.25) is 9.03 Å². The number of hydrogen-bond acceptors (Lipinski definition) is 4. The van der Waals surface area contributed by atoms with Crippen molar-refractivity contribution < 1.29 is 16.8 Å². The predicted octanol–water partition coefficient (Wildman–Crippen LogP) is 2.81. The lowest BCUT2D eigenvalue weighted by Gasteiger charge is -2.22. The van der Waals surface area contributed by atoms with Crippen molar-refractivity contribution >= 4 is 31.4 Å². The summed E-state index contributed by atoms with van der Waals surface area (Å²) < 4.78 is 52.1. The standard InChI is InChI=1S/C17H22N2O4S2/c1-12-10-13(2)17(14(3)11-12)25(22,23)19(4)16-8-6-15(7-9-16)18-24(5,20)21/h6-11,18H,1-5H3. The van der Waals surface area contributed by atoms with Crippen LogP contribution in [0.4, 0.5) is 11.4 Å². The molecular formula is C17H22N2O4S2. The molecule has 0 radical (unpaired) electrons. The number of nitrogens with one attached hydrogen (secondary N) is 1. The molecule has 2 aromatic carbocycles. The average Bonchev–Trinajstić information content (AvgIpc) is 2.44. The largest absolute Gasteiger partial charge is 0.284 e. The van der Waals surface area contributed by atoms with Crippen LogP contribution in [0.5, 0.6) is 0 Å². The summed E-state index contributed by atoms with van der Waals surface area (Å²) in [6, 6.07) is 9.85. The zero-order valence-corrected chi connectivity index (χ0v) is 16.5. The first-order valence-electron chi connectivity index (χ1n) is 7.56. The Labute approximate surface area is 149 Å². The molecule has 0 aromatic heterocycles. The maximum Gasteiger partial charge on any atom is 0.264 e. The molecule has 2 aromatic rings. The molecule has 0 bridgehead atoms. The Kier molecular flexibility index (Phi) is 5.15. The third-order valence-corrected chi connectivity index (χ3v) is 6.46. The normalized spacial score (nSPS) is 12.0. The van der Waals surface area contributed by atoms with Crippen LogP contribution < -0.4 is 9.03 Å². The minimum atomic E-state index is -3.72. The quantitative estimate of drug-likeness (QED) is 0.862. The molecule has 0 atom stereocenters. The fraction of sp³-hybridized carbons (Fsp3) is 0.294. The van der Waals surface area contributed by atoms with E-state index in [9.17, 15) is 16.8 Å². The van der Waals surface area contributed by atoms with Gasteiger partial charge in [0, 0.05) is 12.7 Å². The van der Waals surface area contributed by atoms with Gasteiger partial charge >= 0.3 is 0 Å². The van der Waals surface area contributed by atoms with Crippen LogP contribution in [0.2, 0.25) is 0 Å². The summed E-state index contributed by atoms with van der Waals surface area (Å²) in [5, 5.41) is 0. The SMILES string of the molecule is Cc1cc(C)c(S(=O)(=O)N(C)c2ccc(NS(C)(=O)=O)cc2)c(C)c1. The van der Waals surface area contributed by atoms with Gasteiger partial charge in [-0.1, -0.05) is 17.7 Å². The van der Waals surface area contributed by atoms with Gasteiger partial charge in [0.25, 0.3) is 10.0 Å². The molecule has 0 spiro atoms. The highest BCUT2D eigenvalue weighted by Gasteiger charge is 2.25. The molecule has 0 heterocycles. The second-order valence-corrected chi connectivity index (χ2v) is 9.78. The van der Waals surface area contributed by atoms with Crippen molar-refractivity contribution in [2.75, 3.05) is 22.3 Å². The molecule has 0 amide bonds. The number of sulfonamides is 2. The first-order valence-corrected chi connectivity index (χ1v) is 10.9. The summed E-state index contributed by atoms with van der Waals surface area (Å²) in [5.74, 6) is 0. The van der Waals surface area contributed by atoms with Crippen LogP contribution in [0.25, 0.3) is 0 Å². The van der Waals surface area contributed by atoms with Gasteiger partial charge < -0.3 is 0 Å². The summed E-state index contributed by atoms with van der Waals surface area (Å²) in [7, 11) is -5.62. The maximum absolute atomic E-state index is 13.0. The van der Waals surface area contributed by atoms with E-state index in [0.29, 0.717) is 27.4 Å². The van der Waals surface area contributed by atoms with Gasteiger partial charge in [-0.05, 0) is 56.2 Å². The lowest BCUT2D eigenvalue weighted by Crippen LogP contribution is -2.28. The number of nitrogens with zero attached hydrogens (tertiary/aromatic N) is 1. The Hall–Kier alpha value is -2.06. The number of anilines is 2. The molecule has 0 saturated carbocycles. The van der Waals surface area contributed by atoms with Gasteiger partial charge in [-0.25, -0.2) is 16.8 Å². The summed E-state index contributed by atoms with van der Waals surface area (Å²) in [4.78, 5) is 0.291. The van der Waals surface area contributed by atoms with Crippen LogP contribution in [-0.4, -0.2) is 30.1 Å². The van der Waals surface area contributed by atoms with Crippen LogP contribution in [0, 0.1) is 20.8 Å². The average molecular weight is 383 g/mol. The van der Waals surface area contributed by atoms with Crippen molar-refractivity contribution in [3.8, 4) is 0 Å². The van der Waals surface area contributed by atoms with Gasteiger partial charge in [0.05, 0.1) is 16.8 Å². The lowest BCUT2D eigenvalue weighted by molar-refractivity contribution is 0.593. The first-order chi connectivity index (χ1) is 11.4. The Morgan fingerprint density at radius 2 is 1.36 bits per heavy atom. The predicted molar refractivity (Wildman–Crippen MR) is 101 cm³/mol. The Balaban J connectivity index is 2.41. The highest BCUT2D eigenvalue weighted by Crippen LogP contribution is 2.28. The van der Waals surface area contributed by atoms with Gasteiger partial charge in [-0.15, -0.1) is 0 Å². The summed E-state index contributed by atoms with van der Waals surface area (Å²) in [6.45, 7) is 5.48. The van der Waals surface area contributed by atoms with E-state index in [2.05, 4.69) is 4.72 Å². The number of benzene rings is 2. The Bertz CT molecular complexity index is 972. The van der Waals surface area contributed by atoms with Crippen molar-refractivity contribution in [1.82, 2.24) is 0 Å². The highest BCUT2D eigenvalue weighted by atomic mass is 32.2. The van der Waals surface area contributed by atoms with E-state index in [1.54, 1.807) is 26.0 Å². The molecule has 0 aliphatic heterocycles. The molecular weight excluding hydrogens is 360 g/mol. The monoisotopic (exact) mass is 382 g/mol. The van der Waals surface area contributed by atoms with Gasteiger partial charge in [0.15, 0.2) is 0 Å². The van der Waals surface area contributed by atoms with Crippen molar-refractivity contribution in [3.63, 3.8) is 0 Å². The molecule has 0 aliphatic carbocycles. The maximum atomic E-state index is 13.0. The Morgan fingerprint density at radius 3 is 1.80 bits per heavy atom. The van der Waals surface area contributed by atoms with Crippen LogP contribution in [0.15, 0.2) is 41.3 Å². The van der Waals surface area contributed by atoms with E-state index in [1.807, 2.05) is 19.1 Å². The number of rotatable bonds is 5. The zero-order valence-electron chi connectivity index (χ0n) is 14.9. The summed E-state index contributed by atoms with van der Waals surface area (Å²) >= 11 is 0. The Morgan fingerprint density at radius 1 is 0.880 bits per heavy atom. The van der Waals surface area contributed by atoms with Crippen molar-refractivity contribution in [2.24, 2.45) is 0 Å². The zero-order chi connectivity index (χ0) is 19.0. The second-order valence-electron chi connectivity index (χ2n) is 6.12. The minimum Gasteiger partial charge on any atom is -0.284 e. The highest BCUT2D eigenvalue weighted by molar-refractivity contribution is 7.93. The first kappa shape index (κ1) is 19.3. The molecule has 0 saturated heterocycles. The topological polar surface area (TPSA) is 83.6 Å². The third kappa shape index (κ3) is 4.32. The molecule has 136 valence electrons. The summed E-state index contributed by atoms with van der Waals surface area (Å²) in [5.41, 5.74) is 3.21. The number of hydrogen-bond donors (Lipinski definition) is 1. The van der Waals surface area contributed by atoms with Gasteiger partial charge in [0.2, 0.25) is 10.0 Å². The van der Waals surface area contributed by atoms with Crippen LogP contribution in [0.3, 0.4) is 0 Å². The molecule has 8 heteroatoms. The van der Waals surface area contributed by atoms with Crippen molar-refractivity contribution in [3.05, 3.63) is 53.1 Å². The minimum absolute atomic E-state index is 0.291. The van der Waals surface area contributed by atoms with Crippen molar-refractivity contribution in [2.45, 2.75) is 25.7 Å². The van der Waals surface area contributed by atoms with Crippen LogP contribution >= 0.6 is 0 Å². The van der Waals surface area contributed by atoms with E-state index < -0.39 is 20.0 Å². The molecule has 2 rings (SSSR count). The molecule has 0 unspecified atom stereocenters. The van der Waals surface area contributed by atoms with E-state index in [1.165, 1.54) is 23.5 Å². The second kappa shape index (κ2) is 6.68. The van der Waals surface area contributed by atoms with Gasteiger partial charge in [-0.2, -0.15) is 0 Å². The molecule has 25 heavy (non-hydrogen) atoms. The summed E-state index contributed by atoms with van der Waals surface area (Å²) in [6.07, 6.45) is 1.06.